The van der Waals surface area contributed by atoms with Crippen LogP contribution in [0.2, 0.25) is 0 Å². The van der Waals surface area contributed by atoms with Gasteiger partial charge in [-0.3, -0.25) is 0 Å². The molecule has 0 heterocycles. The van der Waals surface area contributed by atoms with E-state index in [0.717, 1.165) is 5.56 Å². The number of nitrogens with one attached hydrogen (secondary N) is 1. The van der Waals surface area contributed by atoms with E-state index in [1.165, 1.54) is 19.2 Å². The number of carboxylic acid groups (broad SMARTS) is 1. The van der Waals surface area contributed by atoms with E-state index in [9.17, 15) is 13.2 Å². The molecule has 0 spiro atoms. The summed E-state index contributed by atoms with van der Waals surface area (Å²) in [7, 11) is -2.50. The number of sulfonamides is 1. The minimum Gasteiger partial charge on any atom is -0.479 e. The van der Waals surface area contributed by atoms with Gasteiger partial charge in [0.2, 0.25) is 10.0 Å². The molecular formula is C11H15NO5S. The topological polar surface area (TPSA) is 92.7 Å². The number of carboxylic acids is 1. The molecule has 18 heavy (non-hydrogen) atoms. The molecule has 0 bridgehead atoms. The molecular weight excluding hydrogens is 258 g/mol. The summed E-state index contributed by atoms with van der Waals surface area (Å²) in [6.07, 6.45) is -1.20. The lowest BCUT2D eigenvalue weighted by molar-refractivity contribution is -0.147. The van der Waals surface area contributed by atoms with E-state index in [1.54, 1.807) is 12.1 Å². The Labute approximate surface area is 106 Å². The van der Waals surface area contributed by atoms with E-state index < -0.39 is 22.1 Å². The molecule has 100 valence electrons. The molecule has 2 N–H and O–H groups in total. The minimum atomic E-state index is -3.71. The Kier molecular flexibility index (Phi) is 4.83. The van der Waals surface area contributed by atoms with Gasteiger partial charge in [0.15, 0.2) is 6.10 Å². The Morgan fingerprint density at radius 2 is 1.94 bits per heavy atom. The maximum Gasteiger partial charge on any atom is 0.334 e. The van der Waals surface area contributed by atoms with Crippen LogP contribution in [0.5, 0.6) is 0 Å². The lowest BCUT2D eigenvalue weighted by atomic mass is 10.2. The molecule has 0 radical (unpaired) electrons. The zero-order chi connectivity index (χ0) is 13.8. The second-order valence-corrected chi connectivity index (χ2v) is 5.49. The highest BCUT2D eigenvalue weighted by atomic mass is 32.2. The molecule has 0 aliphatic rings. The summed E-state index contributed by atoms with van der Waals surface area (Å²) in [5, 5.41) is 8.72. The number of hydrogen-bond donors (Lipinski definition) is 2. The van der Waals surface area contributed by atoms with Gasteiger partial charge in [-0.25, -0.2) is 17.9 Å². The van der Waals surface area contributed by atoms with E-state index in [-0.39, 0.29) is 11.4 Å². The molecule has 0 saturated heterocycles. The van der Waals surface area contributed by atoms with Gasteiger partial charge < -0.3 is 9.84 Å². The Morgan fingerprint density at radius 3 is 2.39 bits per heavy atom. The van der Waals surface area contributed by atoms with Gasteiger partial charge in [-0.2, -0.15) is 0 Å². The van der Waals surface area contributed by atoms with Crippen LogP contribution >= 0.6 is 0 Å². The number of methoxy groups -OCH3 is 1. The van der Waals surface area contributed by atoms with Gasteiger partial charge >= 0.3 is 5.97 Å². The van der Waals surface area contributed by atoms with Gasteiger partial charge in [-0.1, -0.05) is 17.7 Å². The number of aliphatic carboxylic acids is 1. The van der Waals surface area contributed by atoms with Crippen molar-refractivity contribution in [3.63, 3.8) is 0 Å². The molecule has 6 nitrogen and oxygen atoms in total. The Morgan fingerprint density at radius 1 is 1.39 bits per heavy atom. The Bertz CT molecular complexity index is 509. The van der Waals surface area contributed by atoms with Gasteiger partial charge in [-0.05, 0) is 19.1 Å². The van der Waals surface area contributed by atoms with Crippen LogP contribution in [0, 0.1) is 6.92 Å². The normalized spacial score (nSPS) is 13.2. The van der Waals surface area contributed by atoms with Crippen molar-refractivity contribution >= 4 is 16.0 Å². The summed E-state index contributed by atoms with van der Waals surface area (Å²) in [6.45, 7) is 1.53. The maximum atomic E-state index is 11.8. The zero-order valence-corrected chi connectivity index (χ0v) is 10.9. The van der Waals surface area contributed by atoms with E-state index in [2.05, 4.69) is 9.46 Å². The van der Waals surface area contributed by atoms with Crippen LogP contribution in [0.3, 0.4) is 0 Å². The second-order valence-electron chi connectivity index (χ2n) is 3.73. The van der Waals surface area contributed by atoms with Gasteiger partial charge in [0.25, 0.3) is 0 Å². The average Bonchev–Trinajstić information content (AvgIpc) is 2.29. The van der Waals surface area contributed by atoms with Crippen molar-refractivity contribution in [3.8, 4) is 0 Å². The quantitative estimate of drug-likeness (QED) is 0.781. The molecule has 0 aliphatic heterocycles. The first-order valence-corrected chi connectivity index (χ1v) is 6.67. The molecule has 1 unspecified atom stereocenters. The molecule has 0 fully saturated rings. The summed E-state index contributed by atoms with van der Waals surface area (Å²) in [5.41, 5.74) is 0.939. The highest BCUT2D eigenvalue weighted by Gasteiger charge is 2.20. The standard InChI is InChI=1S/C11H15NO5S/c1-8-3-5-9(6-4-8)18(15,16)12-7-10(17-2)11(13)14/h3-6,10,12H,7H2,1-2H3,(H,13,14). The molecule has 7 heteroatoms. The summed E-state index contributed by atoms with van der Waals surface area (Å²) >= 11 is 0. The molecule has 0 aromatic heterocycles. The third kappa shape index (κ3) is 3.80. The molecule has 1 aromatic carbocycles. The molecule has 0 aliphatic carbocycles. The van der Waals surface area contributed by atoms with Crippen LogP contribution in [0.1, 0.15) is 5.56 Å². The fraction of sp³-hybridized carbons (Fsp3) is 0.364. The van der Waals surface area contributed by atoms with Crippen LogP contribution < -0.4 is 4.72 Å². The van der Waals surface area contributed by atoms with Gasteiger partial charge in [0.05, 0.1) is 4.90 Å². The zero-order valence-electron chi connectivity index (χ0n) is 10.1. The van der Waals surface area contributed by atoms with Gasteiger partial charge in [0, 0.05) is 13.7 Å². The van der Waals surface area contributed by atoms with Crippen molar-refractivity contribution in [2.75, 3.05) is 13.7 Å². The van der Waals surface area contributed by atoms with Gasteiger partial charge in [0.1, 0.15) is 0 Å². The lowest BCUT2D eigenvalue weighted by Crippen LogP contribution is -2.37. The minimum absolute atomic E-state index is 0.0911. The smallest absolute Gasteiger partial charge is 0.334 e. The van der Waals surface area contributed by atoms with Crippen LogP contribution in [0.15, 0.2) is 29.2 Å². The van der Waals surface area contributed by atoms with Crippen molar-refractivity contribution in [1.29, 1.82) is 0 Å². The summed E-state index contributed by atoms with van der Waals surface area (Å²) < 4.78 is 30.5. The van der Waals surface area contributed by atoms with Crippen molar-refractivity contribution < 1.29 is 23.1 Å². The van der Waals surface area contributed by atoms with Crippen molar-refractivity contribution in [1.82, 2.24) is 4.72 Å². The summed E-state index contributed by atoms with van der Waals surface area (Å²) in [4.78, 5) is 10.8. The highest BCUT2D eigenvalue weighted by Crippen LogP contribution is 2.09. The fourth-order valence-corrected chi connectivity index (χ4v) is 2.29. The number of hydrogen-bond acceptors (Lipinski definition) is 4. The first kappa shape index (κ1) is 14.6. The van der Waals surface area contributed by atoms with E-state index >= 15 is 0 Å². The molecule has 1 rings (SSSR count). The van der Waals surface area contributed by atoms with Crippen LogP contribution in [0.4, 0.5) is 0 Å². The number of benzene rings is 1. The maximum absolute atomic E-state index is 11.8. The van der Waals surface area contributed by atoms with E-state index in [0.29, 0.717) is 0 Å². The second kappa shape index (κ2) is 5.94. The number of ether oxygens (including phenoxy) is 1. The monoisotopic (exact) mass is 273 g/mol. The largest absolute Gasteiger partial charge is 0.479 e. The molecule has 0 amide bonds. The molecule has 0 saturated carbocycles. The number of rotatable bonds is 6. The predicted octanol–water partition coefficient (Wildman–Crippen LogP) is 0.373. The SMILES string of the molecule is COC(CNS(=O)(=O)c1ccc(C)cc1)C(=O)O. The number of carbonyl (C=O) groups is 1. The third-order valence-electron chi connectivity index (χ3n) is 2.35. The molecule has 1 atom stereocenters. The summed E-state index contributed by atoms with van der Waals surface area (Å²) in [5.74, 6) is -1.22. The van der Waals surface area contributed by atoms with E-state index in [1.807, 2.05) is 6.92 Å². The van der Waals surface area contributed by atoms with Crippen LogP contribution in [0.25, 0.3) is 0 Å². The highest BCUT2D eigenvalue weighted by molar-refractivity contribution is 7.89. The number of aryl methyl sites for hydroxylation is 1. The van der Waals surface area contributed by atoms with Crippen LogP contribution in [-0.4, -0.2) is 39.3 Å². The summed E-state index contributed by atoms with van der Waals surface area (Å²) in [6, 6.07) is 6.25. The first-order chi connectivity index (χ1) is 8.36. The Hall–Kier alpha value is -1.44. The van der Waals surface area contributed by atoms with Crippen molar-refractivity contribution in [3.05, 3.63) is 29.8 Å². The van der Waals surface area contributed by atoms with Crippen LogP contribution in [-0.2, 0) is 19.6 Å². The van der Waals surface area contributed by atoms with Gasteiger partial charge in [-0.15, -0.1) is 0 Å². The fourth-order valence-electron chi connectivity index (χ4n) is 1.26. The predicted molar refractivity (Wildman–Crippen MR) is 64.8 cm³/mol. The average molecular weight is 273 g/mol. The van der Waals surface area contributed by atoms with E-state index in [4.69, 9.17) is 5.11 Å². The lowest BCUT2D eigenvalue weighted by Gasteiger charge is -2.12. The van der Waals surface area contributed by atoms with Crippen molar-refractivity contribution in [2.45, 2.75) is 17.9 Å². The van der Waals surface area contributed by atoms with Crippen molar-refractivity contribution in [2.24, 2.45) is 0 Å². The third-order valence-corrected chi connectivity index (χ3v) is 3.79. The molecule has 1 aromatic rings. The first-order valence-electron chi connectivity index (χ1n) is 5.19. The Balaban J connectivity index is 2.76.